The van der Waals surface area contributed by atoms with E-state index in [9.17, 15) is 40.5 Å². The van der Waals surface area contributed by atoms with Crippen molar-refractivity contribution in [1.29, 1.82) is 0 Å². The van der Waals surface area contributed by atoms with Crippen molar-refractivity contribution in [3.05, 3.63) is 85.1 Å². The van der Waals surface area contributed by atoms with E-state index in [1.807, 2.05) is 0 Å². The largest absolute Gasteiger partial charge is 0.457 e. The molecule has 444 valence electrons. The summed E-state index contributed by atoms with van der Waals surface area (Å²) in [5, 5.41) is 72.4. The van der Waals surface area contributed by atoms with Gasteiger partial charge in [0.1, 0.15) is 54.9 Å². The molecule has 2 heterocycles. The van der Waals surface area contributed by atoms with Crippen molar-refractivity contribution < 1.29 is 69.0 Å². The van der Waals surface area contributed by atoms with Crippen LogP contribution in [0.2, 0.25) is 0 Å². The smallest absolute Gasteiger partial charge is 0.306 e. The van der Waals surface area contributed by atoms with Crippen LogP contribution >= 0.6 is 0 Å². The first-order valence-corrected chi connectivity index (χ1v) is 30.2. The number of esters is 1. The van der Waals surface area contributed by atoms with Crippen LogP contribution < -0.4 is 0 Å². The molecule has 0 radical (unpaired) electrons. The number of aliphatic hydroxyl groups is 7. The highest BCUT2D eigenvalue weighted by atomic mass is 16.7. The van der Waals surface area contributed by atoms with Crippen molar-refractivity contribution in [2.45, 2.75) is 274 Å². The van der Waals surface area contributed by atoms with Gasteiger partial charge in [-0.3, -0.25) is 4.79 Å². The summed E-state index contributed by atoms with van der Waals surface area (Å²) in [6, 6.07) is 0. The number of unbranched alkanes of at least 4 members (excludes halogenated alkanes) is 20. The molecule has 77 heavy (non-hydrogen) atoms. The van der Waals surface area contributed by atoms with Gasteiger partial charge in [0.25, 0.3) is 0 Å². The Bertz CT molecular complexity index is 1590. The summed E-state index contributed by atoms with van der Waals surface area (Å²) in [5.74, 6) is -0.389. The number of carbonyl (C=O) groups excluding carboxylic acids is 1. The molecule has 0 spiro atoms. The molecular formula is C63H108O14. The predicted molar refractivity (Wildman–Crippen MR) is 307 cm³/mol. The fourth-order valence-electron chi connectivity index (χ4n) is 9.05. The van der Waals surface area contributed by atoms with Gasteiger partial charge in [0, 0.05) is 13.0 Å². The van der Waals surface area contributed by atoms with E-state index >= 15 is 0 Å². The van der Waals surface area contributed by atoms with Crippen LogP contribution in [0.4, 0.5) is 0 Å². The quantitative estimate of drug-likeness (QED) is 0.0172. The number of carbonyl (C=O) groups is 1. The molecule has 11 atom stereocenters. The van der Waals surface area contributed by atoms with Crippen LogP contribution in [-0.4, -0.2) is 142 Å². The van der Waals surface area contributed by atoms with Crippen molar-refractivity contribution in [2.24, 2.45) is 0 Å². The van der Waals surface area contributed by atoms with E-state index in [2.05, 4.69) is 98.9 Å². The topological polar surface area (TPSA) is 214 Å². The van der Waals surface area contributed by atoms with Gasteiger partial charge in [0.15, 0.2) is 12.6 Å². The van der Waals surface area contributed by atoms with Crippen LogP contribution in [0, 0.1) is 0 Å². The van der Waals surface area contributed by atoms with E-state index in [1.54, 1.807) is 0 Å². The van der Waals surface area contributed by atoms with E-state index in [0.29, 0.717) is 13.0 Å². The third kappa shape index (κ3) is 35.5. The van der Waals surface area contributed by atoms with Crippen molar-refractivity contribution in [3.63, 3.8) is 0 Å². The molecule has 0 aromatic carbocycles. The maximum Gasteiger partial charge on any atom is 0.306 e. The number of hydrogen-bond acceptors (Lipinski definition) is 14. The Morgan fingerprint density at radius 3 is 1.32 bits per heavy atom. The second-order valence-corrected chi connectivity index (χ2v) is 20.8. The zero-order valence-corrected chi connectivity index (χ0v) is 47.7. The van der Waals surface area contributed by atoms with Gasteiger partial charge in [0.2, 0.25) is 0 Å². The molecule has 0 aromatic heterocycles. The summed E-state index contributed by atoms with van der Waals surface area (Å²) in [5.41, 5.74) is 0. The Kier molecular flexibility index (Phi) is 44.7. The molecule has 14 nitrogen and oxygen atoms in total. The van der Waals surface area contributed by atoms with Crippen molar-refractivity contribution in [1.82, 2.24) is 0 Å². The van der Waals surface area contributed by atoms with E-state index in [-0.39, 0.29) is 25.6 Å². The first-order valence-electron chi connectivity index (χ1n) is 30.2. The molecule has 0 aliphatic carbocycles. The maximum atomic E-state index is 13.1. The summed E-state index contributed by atoms with van der Waals surface area (Å²) < 4.78 is 34.4. The lowest BCUT2D eigenvalue weighted by Crippen LogP contribution is -2.61. The van der Waals surface area contributed by atoms with Gasteiger partial charge in [-0.25, -0.2) is 0 Å². The minimum absolute atomic E-state index is 0.0428. The normalized spacial score (nSPS) is 24.9. The van der Waals surface area contributed by atoms with Crippen molar-refractivity contribution in [2.75, 3.05) is 33.0 Å². The summed E-state index contributed by atoms with van der Waals surface area (Å²) in [7, 11) is 0. The second-order valence-electron chi connectivity index (χ2n) is 20.8. The fourth-order valence-corrected chi connectivity index (χ4v) is 9.05. The SMILES string of the molecule is CC/C=C\C/C=C\C/C=C\C/C=C\CCCCCCCOCC(COC1OC(COC2OC(CO)C(O)C(O)C2O)C(O)C(O)C1O)OC(=O)CCCCCCCCCCCC/C=C\C/C=C\C/C=C\CCCCCCC. The van der Waals surface area contributed by atoms with E-state index in [4.69, 9.17) is 28.4 Å². The Morgan fingerprint density at radius 1 is 0.442 bits per heavy atom. The van der Waals surface area contributed by atoms with Gasteiger partial charge in [-0.05, 0) is 89.9 Å². The van der Waals surface area contributed by atoms with Gasteiger partial charge in [-0.2, -0.15) is 0 Å². The molecule has 2 saturated heterocycles. The molecule has 0 saturated carbocycles. The maximum absolute atomic E-state index is 13.1. The van der Waals surface area contributed by atoms with E-state index in [1.165, 1.54) is 77.0 Å². The average molecular weight is 1090 g/mol. The molecule has 2 aliphatic heterocycles. The predicted octanol–water partition coefficient (Wildman–Crippen LogP) is 11.2. The fraction of sp³-hybridized carbons (Fsp3) is 0.762. The number of ether oxygens (including phenoxy) is 6. The molecule has 2 aliphatic rings. The zero-order chi connectivity index (χ0) is 55.8. The Labute approximate surface area is 465 Å². The highest BCUT2D eigenvalue weighted by Gasteiger charge is 2.47. The van der Waals surface area contributed by atoms with Crippen LogP contribution in [0.3, 0.4) is 0 Å². The Morgan fingerprint density at radius 2 is 0.844 bits per heavy atom. The van der Waals surface area contributed by atoms with Crippen LogP contribution in [0.15, 0.2) is 85.1 Å². The minimum atomic E-state index is -1.72. The third-order valence-corrected chi connectivity index (χ3v) is 13.9. The van der Waals surface area contributed by atoms with Crippen LogP contribution in [0.25, 0.3) is 0 Å². The Balaban J connectivity index is 1.71. The summed E-state index contributed by atoms with van der Waals surface area (Å²) >= 11 is 0. The molecule has 0 bridgehead atoms. The molecule has 11 unspecified atom stereocenters. The lowest BCUT2D eigenvalue weighted by Gasteiger charge is -2.42. The van der Waals surface area contributed by atoms with Crippen LogP contribution in [0.5, 0.6) is 0 Å². The average Bonchev–Trinajstić information content (AvgIpc) is 3.43. The number of aliphatic hydroxyl groups excluding tert-OH is 7. The highest BCUT2D eigenvalue weighted by Crippen LogP contribution is 2.26. The van der Waals surface area contributed by atoms with Gasteiger partial charge >= 0.3 is 5.97 Å². The van der Waals surface area contributed by atoms with Gasteiger partial charge in [0.05, 0.1) is 26.4 Å². The first-order chi connectivity index (χ1) is 37.6. The molecule has 2 rings (SSSR count). The van der Waals surface area contributed by atoms with Gasteiger partial charge < -0.3 is 64.2 Å². The van der Waals surface area contributed by atoms with Gasteiger partial charge in [-0.1, -0.05) is 195 Å². The number of rotatable bonds is 48. The number of allylic oxidation sites excluding steroid dienone is 14. The molecule has 14 heteroatoms. The van der Waals surface area contributed by atoms with Crippen LogP contribution in [0.1, 0.15) is 206 Å². The molecule has 0 amide bonds. The molecule has 2 fully saturated rings. The summed E-state index contributed by atoms with van der Waals surface area (Å²) in [6.45, 7) is 3.51. The zero-order valence-electron chi connectivity index (χ0n) is 47.7. The standard InChI is InChI=1S/C63H108O14/c1-3-5-7-9-11-13-15-17-19-21-23-24-25-26-27-28-29-30-32-34-36-38-40-42-44-46-55(65)75-52(49-72-47-45-43-41-39-37-35-33-31-22-20-18-16-14-12-10-8-6-4-2)50-73-62-61(71)59(69)57(67)54(77-62)51-74-63-60(70)58(68)56(66)53(48-64)76-63/h6,8,12,14-15,17-18,20-21,23,25-26,31,33,52-54,56-64,66-71H,3-5,7,9-11,13,16,19,22,24,27-30,32,34-51H2,1-2H3/b8-6-,14-12-,17-15-,20-18-,23-21-,26-25-,33-31-. The van der Waals surface area contributed by atoms with Gasteiger partial charge in [-0.15, -0.1) is 0 Å². The first kappa shape index (κ1) is 70.3. The molecule has 0 aromatic rings. The lowest BCUT2D eigenvalue weighted by molar-refractivity contribution is -0.332. The molecular weight excluding hydrogens is 981 g/mol. The monoisotopic (exact) mass is 1090 g/mol. The summed E-state index contributed by atoms with van der Waals surface area (Å²) in [4.78, 5) is 13.1. The molecule has 7 N–H and O–H groups in total. The van der Waals surface area contributed by atoms with Crippen LogP contribution in [-0.2, 0) is 33.2 Å². The second kappa shape index (κ2) is 49.0. The third-order valence-electron chi connectivity index (χ3n) is 13.9. The summed E-state index contributed by atoms with van der Waals surface area (Å²) in [6.07, 6.45) is 47.8. The number of hydrogen-bond donors (Lipinski definition) is 7. The Hall–Kier alpha value is -2.83. The van der Waals surface area contributed by atoms with Crippen molar-refractivity contribution >= 4 is 5.97 Å². The van der Waals surface area contributed by atoms with Crippen molar-refractivity contribution in [3.8, 4) is 0 Å². The van der Waals surface area contributed by atoms with E-state index < -0.39 is 80.7 Å². The lowest BCUT2D eigenvalue weighted by atomic mass is 9.98. The highest BCUT2D eigenvalue weighted by molar-refractivity contribution is 5.69. The minimum Gasteiger partial charge on any atom is -0.457 e. The van der Waals surface area contributed by atoms with E-state index in [0.717, 1.165) is 103 Å².